The minimum Gasteiger partial charge on any atom is -0.478 e. The number of pyridine rings is 1. The highest BCUT2D eigenvalue weighted by Crippen LogP contribution is 2.23. The molecule has 0 fully saturated rings. The Morgan fingerprint density at radius 3 is 2.65 bits per heavy atom. The first-order chi connectivity index (χ1) is 9.52. The number of amides is 1. The highest BCUT2D eigenvalue weighted by Gasteiger charge is 2.13. The van der Waals surface area contributed by atoms with Crippen LogP contribution in [0.3, 0.4) is 0 Å². The molecule has 3 N–H and O–H groups in total. The van der Waals surface area contributed by atoms with Gasteiger partial charge in [-0.05, 0) is 17.7 Å². The molecule has 0 spiro atoms. The molecule has 1 aromatic heterocycles. The lowest BCUT2D eigenvalue weighted by atomic mass is 10.00. The SMILES string of the molecule is CNC(=O)c1cccc(-c2c[nH]c(=O)cc2C(=O)O)c1. The number of carboxylic acid groups (broad SMARTS) is 1. The van der Waals surface area contributed by atoms with E-state index in [2.05, 4.69) is 10.3 Å². The number of hydrogen-bond acceptors (Lipinski definition) is 3. The van der Waals surface area contributed by atoms with Crippen molar-refractivity contribution in [2.24, 2.45) is 0 Å². The van der Waals surface area contributed by atoms with Crippen molar-refractivity contribution in [1.82, 2.24) is 10.3 Å². The van der Waals surface area contributed by atoms with E-state index in [9.17, 15) is 14.4 Å². The molecule has 1 aromatic carbocycles. The van der Waals surface area contributed by atoms with Crippen LogP contribution in [0.2, 0.25) is 0 Å². The molecular formula is C14H12N2O4. The molecule has 0 unspecified atom stereocenters. The van der Waals surface area contributed by atoms with Crippen molar-refractivity contribution in [2.75, 3.05) is 7.05 Å². The first kappa shape index (κ1) is 13.5. The summed E-state index contributed by atoms with van der Waals surface area (Å²) in [5.74, 6) is -1.47. The fraction of sp³-hybridized carbons (Fsp3) is 0.0714. The standard InChI is InChI=1S/C14H12N2O4/c1-15-13(18)9-4-2-3-8(5-9)11-7-16-12(17)6-10(11)14(19)20/h2-7H,1H3,(H,15,18)(H,16,17)(H,19,20). The first-order valence-electron chi connectivity index (χ1n) is 5.81. The van der Waals surface area contributed by atoms with Crippen molar-refractivity contribution >= 4 is 11.9 Å². The summed E-state index contributed by atoms with van der Waals surface area (Å²) >= 11 is 0. The molecule has 0 aliphatic rings. The van der Waals surface area contributed by atoms with Gasteiger partial charge in [0.25, 0.3) is 5.91 Å². The van der Waals surface area contributed by atoms with Crippen LogP contribution in [-0.4, -0.2) is 29.0 Å². The molecule has 0 bridgehead atoms. The zero-order valence-electron chi connectivity index (χ0n) is 10.6. The average Bonchev–Trinajstić information content (AvgIpc) is 2.46. The number of H-pyrrole nitrogens is 1. The molecule has 1 heterocycles. The molecule has 6 heteroatoms. The van der Waals surface area contributed by atoms with Crippen LogP contribution in [-0.2, 0) is 0 Å². The third-order valence-corrected chi connectivity index (χ3v) is 2.82. The van der Waals surface area contributed by atoms with Gasteiger partial charge in [-0.15, -0.1) is 0 Å². The Morgan fingerprint density at radius 2 is 2.00 bits per heavy atom. The smallest absolute Gasteiger partial charge is 0.336 e. The summed E-state index contributed by atoms with van der Waals surface area (Å²) in [6, 6.07) is 7.53. The number of aromatic carboxylic acids is 1. The summed E-state index contributed by atoms with van der Waals surface area (Å²) in [5, 5.41) is 11.6. The van der Waals surface area contributed by atoms with Crippen LogP contribution in [0.25, 0.3) is 11.1 Å². The average molecular weight is 272 g/mol. The van der Waals surface area contributed by atoms with Gasteiger partial charge in [-0.1, -0.05) is 12.1 Å². The van der Waals surface area contributed by atoms with Gasteiger partial charge in [-0.3, -0.25) is 9.59 Å². The Bertz CT molecular complexity index is 734. The Morgan fingerprint density at radius 1 is 1.25 bits per heavy atom. The molecule has 0 atom stereocenters. The Labute approximate surface area is 114 Å². The van der Waals surface area contributed by atoms with Crippen molar-refractivity contribution in [1.29, 1.82) is 0 Å². The summed E-state index contributed by atoms with van der Waals surface area (Å²) in [5.41, 5.74) is 0.701. The van der Waals surface area contributed by atoms with Crippen molar-refractivity contribution in [2.45, 2.75) is 0 Å². The van der Waals surface area contributed by atoms with E-state index in [1.807, 2.05) is 0 Å². The normalized spacial score (nSPS) is 10.1. The molecule has 0 aliphatic heterocycles. The fourth-order valence-electron chi connectivity index (χ4n) is 1.86. The van der Waals surface area contributed by atoms with Crippen molar-refractivity contribution in [3.05, 3.63) is 58.0 Å². The van der Waals surface area contributed by atoms with Gasteiger partial charge in [0.05, 0.1) is 5.56 Å². The maximum absolute atomic E-state index is 11.6. The molecule has 1 amide bonds. The monoisotopic (exact) mass is 272 g/mol. The van der Waals surface area contributed by atoms with E-state index < -0.39 is 11.5 Å². The van der Waals surface area contributed by atoms with Gasteiger partial charge < -0.3 is 15.4 Å². The molecule has 2 rings (SSSR count). The second kappa shape index (κ2) is 5.40. The van der Waals surface area contributed by atoms with E-state index in [0.717, 1.165) is 6.07 Å². The summed E-state index contributed by atoms with van der Waals surface area (Å²) in [4.78, 5) is 36.4. The Balaban J connectivity index is 2.60. The Kier molecular flexibility index (Phi) is 3.65. The number of hydrogen-bond donors (Lipinski definition) is 3. The lowest BCUT2D eigenvalue weighted by Crippen LogP contribution is -2.17. The second-order valence-electron chi connectivity index (χ2n) is 4.09. The number of nitrogens with one attached hydrogen (secondary N) is 2. The molecular weight excluding hydrogens is 260 g/mol. The predicted octanol–water partition coefficient (Wildman–Crippen LogP) is 1.10. The number of carbonyl (C=O) groups excluding carboxylic acids is 1. The molecule has 6 nitrogen and oxygen atoms in total. The molecule has 0 saturated carbocycles. The van der Waals surface area contributed by atoms with Crippen LogP contribution < -0.4 is 10.9 Å². The van der Waals surface area contributed by atoms with Gasteiger partial charge >= 0.3 is 5.97 Å². The van der Waals surface area contributed by atoms with E-state index in [1.54, 1.807) is 24.3 Å². The number of benzene rings is 1. The fourth-order valence-corrected chi connectivity index (χ4v) is 1.86. The van der Waals surface area contributed by atoms with Crippen molar-refractivity contribution < 1.29 is 14.7 Å². The lowest BCUT2D eigenvalue weighted by molar-refractivity contribution is 0.0697. The number of rotatable bonds is 3. The largest absolute Gasteiger partial charge is 0.478 e. The number of carbonyl (C=O) groups is 2. The number of aromatic nitrogens is 1. The van der Waals surface area contributed by atoms with Crippen LogP contribution in [0, 0.1) is 0 Å². The predicted molar refractivity (Wildman–Crippen MR) is 72.8 cm³/mol. The summed E-state index contributed by atoms with van der Waals surface area (Å²) in [7, 11) is 1.51. The minimum absolute atomic E-state index is 0.109. The molecule has 0 saturated heterocycles. The molecule has 2 aromatic rings. The molecule has 0 aliphatic carbocycles. The zero-order chi connectivity index (χ0) is 14.7. The molecule has 20 heavy (non-hydrogen) atoms. The molecule has 102 valence electrons. The number of carboxylic acids is 1. The maximum atomic E-state index is 11.6. The topological polar surface area (TPSA) is 99.3 Å². The maximum Gasteiger partial charge on any atom is 0.336 e. The van der Waals surface area contributed by atoms with Crippen LogP contribution in [0.4, 0.5) is 0 Å². The lowest BCUT2D eigenvalue weighted by Gasteiger charge is -2.07. The van der Waals surface area contributed by atoms with E-state index in [1.165, 1.54) is 13.2 Å². The second-order valence-corrected chi connectivity index (χ2v) is 4.09. The van der Waals surface area contributed by atoms with Crippen LogP contribution in [0.15, 0.2) is 41.3 Å². The minimum atomic E-state index is -1.20. The van der Waals surface area contributed by atoms with E-state index in [0.29, 0.717) is 16.7 Å². The van der Waals surface area contributed by atoms with Crippen LogP contribution in [0.5, 0.6) is 0 Å². The van der Waals surface area contributed by atoms with E-state index in [4.69, 9.17) is 5.11 Å². The van der Waals surface area contributed by atoms with Crippen molar-refractivity contribution in [3.8, 4) is 11.1 Å². The quantitative estimate of drug-likeness (QED) is 0.779. The van der Waals surface area contributed by atoms with Gasteiger partial charge in [0.15, 0.2) is 0 Å². The van der Waals surface area contributed by atoms with Crippen molar-refractivity contribution in [3.63, 3.8) is 0 Å². The Hall–Kier alpha value is -2.89. The van der Waals surface area contributed by atoms with Gasteiger partial charge in [-0.2, -0.15) is 0 Å². The number of aromatic amines is 1. The summed E-state index contributed by atoms with van der Waals surface area (Å²) < 4.78 is 0. The highest BCUT2D eigenvalue weighted by molar-refractivity contribution is 5.98. The van der Waals surface area contributed by atoms with Gasteiger partial charge in [0.1, 0.15) is 0 Å². The highest BCUT2D eigenvalue weighted by atomic mass is 16.4. The van der Waals surface area contributed by atoms with Gasteiger partial charge in [0, 0.05) is 30.4 Å². The summed E-state index contributed by atoms with van der Waals surface area (Å²) in [6.07, 6.45) is 1.33. The van der Waals surface area contributed by atoms with Gasteiger partial charge in [0.2, 0.25) is 5.56 Å². The summed E-state index contributed by atoms with van der Waals surface area (Å²) in [6.45, 7) is 0. The third-order valence-electron chi connectivity index (χ3n) is 2.82. The van der Waals surface area contributed by atoms with E-state index >= 15 is 0 Å². The zero-order valence-corrected chi connectivity index (χ0v) is 10.6. The van der Waals surface area contributed by atoms with Crippen LogP contribution >= 0.6 is 0 Å². The third kappa shape index (κ3) is 2.59. The van der Waals surface area contributed by atoms with Crippen LogP contribution in [0.1, 0.15) is 20.7 Å². The van der Waals surface area contributed by atoms with E-state index in [-0.39, 0.29) is 11.5 Å². The molecule has 0 radical (unpaired) electrons. The van der Waals surface area contributed by atoms with Gasteiger partial charge in [-0.25, -0.2) is 4.79 Å². The first-order valence-corrected chi connectivity index (χ1v) is 5.81.